The first-order chi connectivity index (χ1) is 14.0. The summed E-state index contributed by atoms with van der Waals surface area (Å²) in [5, 5.41) is 9.78. The van der Waals surface area contributed by atoms with E-state index in [-0.39, 0.29) is 30.2 Å². The van der Waals surface area contributed by atoms with Crippen LogP contribution in [0.3, 0.4) is 0 Å². The number of carbonyl (C=O) groups excluding carboxylic acids is 1. The molecule has 3 N–H and O–H groups in total. The highest BCUT2D eigenvalue weighted by Gasteiger charge is 2.44. The summed E-state index contributed by atoms with van der Waals surface area (Å²) in [5.74, 6) is 1.02. The average Bonchev–Trinajstić information content (AvgIpc) is 3.31. The van der Waals surface area contributed by atoms with Crippen LogP contribution in [0.5, 0.6) is 0 Å². The van der Waals surface area contributed by atoms with Crippen LogP contribution in [0.15, 0.2) is 35.7 Å². The third-order valence-electron chi connectivity index (χ3n) is 6.22. The summed E-state index contributed by atoms with van der Waals surface area (Å²) < 4.78 is 0. The number of amidine groups is 1. The van der Waals surface area contributed by atoms with Crippen molar-refractivity contribution in [3.63, 3.8) is 0 Å². The predicted octanol–water partition coefficient (Wildman–Crippen LogP) is 2.65. The van der Waals surface area contributed by atoms with Crippen LogP contribution in [0.4, 0.5) is 0 Å². The number of fused-ring (bicyclic) bond motifs is 3. The fourth-order valence-corrected chi connectivity index (χ4v) is 4.32. The first-order valence-corrected chi connectivity index (χ1v) is 10.7. The van der Waals surface area contributed by atoms with Gasteiger partial charge in [0, 0.05) is 31.3 Å². The van der Waals surface area contributed by atoms with Crippen molar-refractivity contribution in [2.45, 2.75) is 77.7 Å². The summed E-state index contributed by atoms with van der Waals surface area (Å²) in [5.41, 5.74) is 10.9. The molecule has 3 unspecified atom stereocenters. The van der Waals surface area contributed by atoms with E-state index in [1.165, 1.54) is 16.7 Å². The molecule has 1 saturated heterocycles. The number of nitrogens with zero attached hydrogens (tertiary/aromatic N) is 3. The van der Waals surface area contributed by atoms with Crippen molar-refractivity contribution in [1.29, 1.82) is 0 Å². The SMILES string of the molecule is CC[C@@H](C)NC(=O)CCC1=NNC2C3CC(c4cc(C)ccc4C)NN3C=CN12. The molecule has 0 aliphatic carbocycles. The number of hydrazone groups is 1. The van der Waals surface area contributed by atoms with E-state index < -0.39 is 0 Å². The van der Waals surface area contributed by atoms with E-state index in [2.05, 4.69) is 82.5 Å². The van der Waals surface area contributed by atoms with E-state index in [0.29, 0.717) is 12.8 Å². The number of hydrogen-bond donors (Lipinski definition) is 3. The highest BCUT2D eigenvalue weighted by Crippen LogP contribution is 2.35. The lowest BCUT2D eigenvalue weighted by atomic mass is 9.95. The molecular formula is C22H32N6O. The highest BCUT2D eigenvalue weighted by atomic mass is 16.1. The van der Waals surface area contributed by atoms with Gasteiger partial charge in [0.2, 0.25) is 5.91 Å². The van der Waals surface area contributed by atoms with Crippen LogP contribution in [-0.2, 0) is 4.79 Å². The Bertz CT molecular complexity index is 835. The Labute approximate surface area is 173 Å². The van der Waals surface area contributed by atoms with Crippen molar-refractivity contribution in [2.75, 3.05) is 0 Å². The van der Waals surface area contributed by atoms with Crippen molar-refractivity contribution in [3.8, 4) is 0 Å². The van der Waals surface area contributed by atoms with Crippen LogP contribution >= 0.6 is 0 Å². The van der Waals surface area contributed by atoms with Crippen molar-refractivity contribution in [1.82, 2.24) is 26.1 Å². The van der Waals surface area contributed by atoms with Gasteiger partial charge in [0.25, 0.3) is 0 Å². The van der Waals surface area contributed by atoms with E-state index in [1.54, 1.807) is 0 Å². The minimum Gasteiger partial charge on any atom is -0.354 e. The molecule has 3 aliphatic rings. The second-order valence-electron chi connectivity index (χ2n) is 8.44. The zero-order chi connectivity index (χ0) is 20.5. The van der Waals surface area contributed by atoms with E-state index in [4.69, 9.17) is 0 Å². The van der Waals surface area contributed by atoms with Gasteiger partial charge in [0.1, 0.15) is 12.0 Å². The summed E-state index contributed by atoms with van der Waals surface area (Å²) >= 11 is 0. The number of rotatable bonds is 6. The third-order valence-corrected chi connectivity index (χ3v) is 6.22. The van der Waals surface area contributed by atoms with Gasteiger partial charge in [-0.15, -0.1) is 0 Å². The van der Waals surface area contributed by atoms with Crippen molar-refractivity contribution in [3.05, 3.63) is 47.3 Å². The fourth-order valence-electron chi connectivity index (χ4n) is 4.32. The molecule has 1 amide bonds. The summed E-state index contributed by atoms with van der Waals surface area (Å²) in [4.78, 5) is 14.3. The summed E-state index contributed by atoms with van der Waals surface area (Å²) in [7, 11) is 0. The Kier molecular flexibility index (Phi) is 5.50. The van der Waals surface area contributed by atoms with E-state index >= 15 is 0 Å². The summed E-state index contributed by atoms with van der Waals surface area (Å²) in [6, 6.07) is 7.43. The van der Waals surface area contributed by atoms with Gasteiger partial charge in [-0.1, -0.05) is 30.7 Å². The van der Waals surface area contributed by atoms with E-state index in [1.807, 2.05) is 6.92 Å². The molecule has 3 aliphatic heterocycles. The van der Waals surface area contributed by atoms with Gasteiger partial charge in [-0.25, -0.2) is 5.43 Å². The topological polar surface area (TPSA) is 72.0 Å². The smallest absolute Gasteiger partial charge is 0.220 e. The lowest BCUT2D eigenvalue weighted by Gasteiger charge is -2.37. The van der Waals surface area contributed by atoms with Crippen LogP contribution in [0.25, 0.3) is 0 Å². The molecule has 4 atom stereocenters. The standard InChI is InChI=1S/C22H32N6O/c1-5-16(4)23-21(29)9-8-20-24-25-22-19-13-18(26-28(19)11-10-27(20)22)17-12-14(2)6-7-15(17)3/h6-7,10-12,16,18-19,22,25-26H,5,8-9,13H2,1-4H3,(H,23,29)/t16-,18?,19?,22?/m1/s1. The Hall–Kier alpha value is -2.54. The maximum absolute atomic E-state index is 12.1. The van der Waals surface area contributed by atoms with Gasteiger partial charge in [-0.2, -0.15) is 5.10 Å². The van der Waals surface area contributed by atoms with Crippen molar-refractivity contribution in [2.24, 2.45) is 5.10 Å². The van der Waals surface area contributed by atoms with Gasteiger partial charge in [0.15, 0.2) is 0 Å². The first kappa shape index (κ1) is 19.8. The Balaban J connectivity index is 1.39. The second-order valence-corrected chi connectivity index (χ2v) is 8.44. The maximum Gasteiger partial charge on any atom is 0.220 e. The quantitative estimate of drug-likeness (QED) is 0.690. The van der Waals surface area contributed by atoms with Crippen LogP contribution in [-0.4, -0.2) is 39.9 Å². The second kappa shape index (κ2) is 8.06. The van der Waals surface area contributed by atoms with Crippen LogP contribution in [0.1, 0.15) is 62.3 Å². The summed E-state index contributed by atoms with van der Waals surface area (Å²) in [6.07, 6.45) is 7.28. The van der Waals surface area contributed by atoms with Crippen molar-refractivity contribution < 1.29 is 4.79 Å². The largest absolute Gasteiger partial charge is 0.354 e. The molecule has 0 bridgehead atoms. The number of benzene rings is 1. The lowest BCUT2D eigenvalue weighted by molar-refractivity contribution is -0.121. The van der Waals surface area contributed by atoms with Crippen LogP contribution in [0, 0.1) is 13.8 Å². The number of hydrazine groups is 1. The molecule has 29 heavy (non-hydrogen) atoms. The predicted molar refractivity (Wildman–Crippen MR) is 115 cm³/mol. The highest BCUT2D eigenvalue weighted by molar-refractivity contribution is 5.89. The number of hydrogen-bond acceptors (Lipinski definition) is 6. The zero-order valence-corrected chi connectivity index (χ0v) is 17.8. The van der Waals surface area contributed by atoms with Crippen LogP contribution in [0.2, 0.25) is 0 Å². The van der Waals surface area contributed by atoms with Crippen LogP contribution < -0.4 is 16.2 Å². The average molecular weight is 397 g/mol. The molecule has 0 radical (unpaired) electrons. The Morgan fingerprint density at radius 3 is 2.97 bits per heavy atom. The molecule has 156 valence electrons. The molecule has 1 fully saturated rings. The molecule has 7 nitrogen and oxygen atoms in total. The molecular weight excluding hydrogens is 364 g/mol. The Morgan fingerprint density at radius 2 is 2.17 bits per heavy atom. The molecule has 0 saturated carbocycles. The molecule has 1 aromatic carbocycles. The summed E-state index contributed by atoms with van der Waals surface area (Å²) in [6.45, 7) is 8.42. The maximum atomic E-state index is 12.1. The minimum atomic E-state index is 0.0886. The normalized spacial score (nSPS) is 25.9. The number of amides is 1. The molecule has 4 rings (SSSR count). The molecule has 1 aromatic rings. The number of nitrogens with one attached hydrogen (secondary N) is 3. The van der Waals surface area contributed by atoms with Gasteiger partial charge in [0.05, 0.1) is 12.1 Å². The van der Waals surface area contributed by atoms with Gasteiger partial charge in [-0.3, -0.25) is 10.2 Å². The van der Waals surface area contributed by atoms with Gasteiger partial charge < -0.3 is 15.2 Å². The monoisotopic (exact) mass is 396 g/mol. The number of aryl methyl sites for hydroxylation is 2. The number of carbonyl (C=O) groups is 1. The third kappa shape index (κ3) is 3.96. The van der Waals surface area contributed by atoms with Gasteiger partial charge in [-0.05, 0) is 44.7 Å². The minimum absolute atomic E-state index is 0.0886. The molecule has 0 aromatic heterocycles. The molecule has 3 heterocycles. The molecule has 7 heteroatoms. The van der Waals surface area contributed by atoms with Gasteiger partial charge >= 0.3 is 0 Å². The fraction of sp³-hybridized carbons (Fsp3) is 0.545. The zero-order valence-electron chi connectivity index (χ0n) is 17.8. The lowest BCUT2D eigenvalue weighted by Crippen LogP contribution is -2.54. The molecule has 0 spiro atoms. The van der Waals surface area contributed by atoms with E-state index in [0.717, 1.165) is 18.7 Å². The first-order valence-electron chi connectivity index (χ1n) is 10.7. The van der Waals surface area contributed by atoms with E-state index in [9.17, 15) is 4.79 Å². The Morgan fingerprint density at radius 1 is 1.34 bits per heavy atom. The van der Waals surface area contributed by atoms with Crippen molar-refractivity contribution >= 4 is 11.7 Å².